The van der Waals surface area contributed by atoms with Gasteiger partial charge in [-0.2, -0.15) is 0 Å². The summed E-state index contributed by atoms with van der Waals surface area (Å²) >= 11 is 0. The molecule has 1 aliphatic rings. The van der Waals surface area contributed by atoms with Crippen molar-refractivity contribution >= 4 is 0 Å². The molecular weight excluding hydrogens is 153 g/mol. The molecule has 0 aliphatic carbocycles. The highest BCUT2D eigenvalue weighted by molar-refractivity contribution is 4.89. The summed E-state index contributed by atoms with van der Waals surface area (Å²) in [5.41, 5.74) is 5.35. The van der Waals surface area contributed by atoms with Gasteiger partial charge >= 0.3 is 0 Å². The Kier molecular flexibility index (Phi) is 2.43. The number of nitrogens with two attached hydrogens (primary N) is 1. The Morgan fingerprint density at radius 1 is 1.45 bits per heavy atom. The highest BCUT2D eigenvalue weighted by Gasteiger charge is 2.41. The van der Waals surface area contributed by atoms with Gasteiger partial charge in [0.05, 0.1) is 12.1 Å². The molecule has 0 spiro atoms. The van der Waals surface area contributed by atoms with Crippen molar-refractivity contribution in [3.05, 3.63) is 0 Å². The number of halogens is 1. The molecule has 1 aliphatic heterocycles. The Hall–Kier alpha value is -0.230. The fourth-order valence-corrected chi connectivity index (χ4v) is 1.04. The summed E-state index contributed by atoms with van der Waals surface area (Å²) in [5, 5.41) is 17.9. The average molecular weight is 165 g/mol. The summed E-state index contributed by atoms with van der Waals surface area (Å²) in [6.07, 6.45) is -5.22. The van der Waals surface area contributed by atoms with Crippen LogP contribution < -0.4 is 5.73 Å². The largest absolute Gasteiger partial charge is 0.388 e. The summed E-state index contributed by atoms with van der Waals surface area (Å²) < 4.78 is 17.4. The lowest BCUT2D eigenvalue weighted by molar-refractivity contribution is -0.230. The third-order valence-electron chi connectivity index (χ3n) is 1.89. The molecule has 1 rings (SSSR count). The van der Waals surface area contributed by atoms with E-state index in [1.54, 1.807) is 6.92 Å². The molecule has 0 saturated carbocycles. The molecule has 4 nitrogen and oxygen atoms in total. The van der Waals surface area contributed by atoms with Crippen molar-refractivity contribution in [2.75, 3.05) is 0 Å². The van der Waals surface area contributed by atoms with Crippen molar-refractivity contribution < 1.29 is 19.3 Å². The van der Waals surface area contributed by atoms with Gasteiger partial charge in [-0.25, -0.2) is 4.39 Å². The minimum atomic E-state index is -1.80. The van der Waals surface area contributed by atoms with Crippen molar-refractivity contribution in [3.8, 4) is 0 Å². The van der Waals surface area contributed by atoms with Gasteiger partial charge in [0.2, 0.25) is 0 Å². The molecule has 5 heteroatoms. The van der Waals surface area contributed by atoms with Gasteiger partial charge in [-0.3, -0.25) is 0 Å². The molecule has 0 aromatic carbocycles. The molecule has 1 fully saturated rings. The van der Waals surface area contributed by atoms with Crippen LogP contribution in [0.2, 0.25) is 0 Å². The first-order chi connectivity index (χ1) is 5.04. The third kappa shape index (κ3) is 1.51. The van der Waals surface area contributed by atoms with Crippen LogP contribution in [-0.2, 0) is 4.74 Å². The number of hydrogen-bond donors (Lipinski definition) is 3. The minimum Gasteiger partial charge on any atom is -0.388 e. The van der Waals surface area contributed by atoms with E-state index in [1.165, 1.54) is 0 Å². The normalized spacial score (nSPS) is 52.6. The Balaban J connectivity index is 2.63. The number of rotatable bonds is 0. The summed E-state index contributed by atoms with van der Waals surface area (Å²) in [6.45, 7) is 1.57. The van der Waals surface area contributed by atoms with E-state index in [0.29, 0.717) is 0 Å². The van der Waals surface area contributed by atoms with Crippen molar-refractivity contribution in [2.24, 2.45) is 5.73 Å². The van der Waals surface area contributed by atoms with E-state index in [-0.39, 0.29) is 0 Å². The molecule has 4 N–H and O–H groups in total. The topological polar surface area (TPSA) is 75.7 Å². The summed E-state index contributed by atoms with van der Waals surface area (Å²) in [4.78, 5) is 0. The van der Waals surface area contributed by atoms with Crippen LogP contribution in [0.15, 0.2) is 0 Å². The van der Waals surface area contributed by atoms with Crippen molar-refractivity contribution in [1.29, 1.82) is 0 Å². The highest BCUT2D eigenvalue weighted by Crippen LogP contribution is 2.20. The van der Waals surface area contributed by atoms with Crippen molar-refractivity contribution in [3.63, 3.8) is 0 Å². The second-order valence-corrected chi connectivity index (χ2v) is 2.74. The first-order valence-corrected chi connectivity index (χ1v) is 3.45. The second-order valence-electron chi connectivity index (χ2n) is 2.74. The van der Waals surface area contributed by atoms with E-state index >= 15 is 0 Å². The quantitative estimate of drug-likeness (QED) is 0.419. The monoisotopic (exact) mass is 165 g/mol. The Morgan fingerprint density at radius 2 is 2.00 bits per heavy atom. The highest BCUT2D eigenvalue weighted by atomic mass is 19.1. The molecule has 0 radical (unpaired) electrons. The fraction of sp³-hybridized carbons (Fsp3) is 1.00. The Labute approximate surface area is 63.8 Å². The van der Waals surface area contributed by atoms with Crippen LogP contribution in [0.1, 0.15) is 6.92 Å². The van der Waals surface area contributed by atoms with E-state index in [9.17, 15) is 4.39 Å². The van der Waals surface area contributed by atoms with Gasteiger partial charge in [0, 0.05) is 0 Å². The lowest BCUT2D eigenvalue weighted by Gasteiger charge is -2.36. The predicted octanol–water partition coefficient (Wildman–Crippen LogP) is -1.25. The van der Waals surface area contributed by atoms with Crippen molar-refractivity contribution in [2.45, 2.75) is 37.6 Å². The first kappa shape index (κ1) is 8.86. The van der Waals surface area contributed by atoms with E-state index in [4.69, 9.17) is 15.9 Å². The standard InChI is InChI=1S/C6H12FNO3/c1-2-4(8)5(9)3(7)6(10)11-2/h2-6,9-10H,8H2,1H3/t2-,3-,4+,5-,6+/m1/s1. The molecule has 5 atom stereocenters. The molecule has 0 bridgehead atoms. The van der Waals surface area contributed by atoms with E-state index in [0.717, 1.165) is 0 Å². The molecule has 1 saturated heterocycles. The van der Waals surface area contributed by atoms with Gasteiger partial charge in [-0.15, -0.1) is 0 Å². The molecule has 0 amide bonds. The van der Waals surface area contributed by atoms with Crippen LogP contribution in [0.25, 0.3) is 0 Å². The zero-order chi connectivity index (χ0) is 8.59. The van der Waals surface area contributed by atoms with Crippen LogP contribution in [0.3, 0.4) is 0 Å². The summed E-state index contributed by atoms with van der Waals surface area (Å²) in [5.74, 6) is 0. The maximum Gasteiger partial charge on any atom is 0.189 e. The van der Waals surface area contributed by atoms with Gasteiger partial charge in [-0.1, -0.05) is 0 Å². The van der Waals surface area contributed by atoms with Crippen LogP contribution >= 0.6 is 0 Å². The predicted molar refractivity (Wildman–Crippen MR) is 35.4 cm³/mol. The number of hydrogen-bond acceptors (Lipinski definition) is 4. The molecule has 0 aromatic rings. The van der Waals surface area contributed by atoms with Gasteiger partial charge in [0.1, 0.15) is 6.10 Å². The zero-order valence-corrected chi connectivity index (χ0v) is 6.14. The van der Waals surface area contributed by atoms with Gasteiger partial charge in [0.25, 0.3) is 0 Å². The van der Waals surface area contributed by atoms with Crippen LogP contribution in [0.5, 0.6) is 0 Å². The van der Waals surface area contributed by atoms with Crippen LogP contribution in [0, 0.1) is 0 Å². The SMILES string of the molecule is C[C@H]1O[C@H](O)[C@H](F)[C@@H](O)[C@H]1N. The van der Waals surface area contributed by atoms with Crippen LogP contribution in [-0.4, -0.2) is 40.9 Å². The average Bonchev–Trinajstić information content (AvgIpc) is 1.97. The van der Waals surface area contributed by atoms with E-state index < -0.39 is 30.7 Å². The maximum absolute atomic E-state index is 12.7. The van der Waals surface area contributed by atoms with E-state index in [2.05, 4.69) is 4.74 Å². The molecular formula is C6H12FNO3. The Morgan fingerprint density at radius 3 is 2.55 bits per heavy atom. The number of aliphatic hydroxyl groups excluding tert-OH is 2. The lowest BCUT2D eigenvalue weighted by atomic mass is 9.99. The van der Waals surface area contributed by atoms with Gasteiger partial charge in [0.15, 0.2) is 12.5 Å². The number of ether oxygens (including phenoxy) is 1. The molecule has 11 heavy (non-hydrogen) atoms. The summed E-state index contributed by atoms with van der Waals surface area (Å²) in [6, 6.07) is -0.770. The van der Waals surface area contributed by atoms with Gasteiger partial charge < -0.3 is 20.7 Å². The molecule has 66 valence electrons. The number of alkyl halides is 1. The molecule has 0 aromatic heterocycles. The van der Waals surface area contributed by atoms with E-state index in [1.807, 2.05) is 0 Å². The van der Waals surface area contributed by atoms with Crippen LogP contribution in [0.4, 0.5) is 4.39 Å². The smallest absolute Gasteiger partial charge is 0.189 e. The van der Waals surface area contributed by atoms with Gasteiger partial charge in [-0.05, 0) is 6.92 Å². The molecule has 1 heterocycles. The summed E-state index contributed by atoms with van der Waals surface area (Å²) in [7, 11) is 0. The fourth-order valence-electron chi connectivity index (χ4n) is 1.04. The lowest BCUT2D eigenvalue weighted by Crippen LogP contribution is -2.58. The Bertz CT molecular complexity index is 132. The second kappa shape index (κ2) is 3.02. The molecule has 0 unspecified atom stereocenters. The first-order valence-electron chi connectivity index (χ1n) is 3.45. The number of aliphatic hydroxyl groups is 2. The minimum absolute atomic E-state index is 0.521. The van der Waals surface area contributed by atoms with Crippen molar-refractivity contribution in [1.82, 2.24) is 0 Å². The third-order valence-corrected chi connectivity index (χ3v) is 1.89. The maximum atomic E-state index is 12.7. The zero-order valence-electron chi connectivity index (χ0n) is 6.14.